The highest BCUT2D eigenvalue weighted by atomic mass is 16.1. The van der Waals surface area contributed by atoms with Gasteiger partial charge in [-0.2, -0.15) is 0 Å². The van der Waals surface area contributed by atoms with Crippen LogP contribution in [-0.4, -0.2) is 54.8 Å². The van der Waals surface area contributed by atoms with Gasteiger partial charge < -0.3 is 11.1 Å². The minimum absolute atomic E-state index is 0. The van der Waals surface area contributed by atoms with E-state index >= 15 is 0 Å². The molecule has 7 rings (SSSR count). The van der Waals surface area contributed by atoms with E-state index in [1.54, 1.807) is 62.3 Å². The van der Waals surface area contributed by atoms with Crippen molar-refractivity contribution in [1.29, 1.82) is 0 Å². The van der Waals surface area contributed by atoms with Gasteiger partial charge in [0.15, 0.2) is 12.1 Å². The van der Waals surface area contributed by atoms with Gasteiger partial charge in [0.2, 0.25) is 0 Å². The van der Waals surface area contributed by atoms with Gasteiger partial charge >= 0.3 is 0 Å². The number of aldehydes is 2. The maximum absolute atomic E-state index is 12.3. The van der Waals surface area contributed by atoms with Crippen LogP contribution in [0.5, 0.6) is 0 Å². The van der Waals surface area contributed by atoms with Gasteiger partial charge in [-0.3, -0.25) is 43.9 Å². The summed E-state index contributed by atoms with van der Waals surface area (Å²) in [5.74, 6) is -0.0785. The Hall–Kier alpha value is -6.85. The third-order valence-corrected chi connectivity index (χ3v) is 7.64. The van der Waals surface area contributed by atoms with Gasteiger partial charge in [-0.05, 0) is 81.8 Å². The van der Waals surface area contributed by atoms with Crippen LogP contribution in [0.4, 0.5) is 0 Å². The number of nitrogens with zero attached hydrogens (tertiary/aromatic N) is 4. The number of aromatic nitrogens is 5. The molecular formula is C42H40N6O5. The molecule has 11 nitrogen and oxygen atoms in total. The summed E-state index contributed by atoms with van der Waals surface area (Å²) in [4.78, 5) is 72.8. The maximum Gasteiger partial charge on any atom is 0.162 e. The highest BCUT2D eigenvalue weighted by Crippen LogP contribution is 2.36. The normalized spacial score (nSPS) is 9.81. The largest absolute Gasteiger partial charge is 0.354 e. The first-order chi connectivity index (χ1) is 25.1. The number of aromatic amines is 1. The Morgan fingerprint density at radius 2 is 1.15 bits per heavy atom. The average molecular weight is 709 g/mol. The standard InChI is InChI=1S/C21H17N3O.C10H7NO.C6H5NO.C5H8O2.H3N/c1-13-19(14(2)25)21(15-7-10-22-11-8-15)24-20(13)17-9-12-23-18-6-4-3-5-16(17)18;12-7-8-5-6-11-10-4-2-1-3-9(8)10;8-5-6-1-3-7-4-2-6;1-4(6)3-5(2)7;/h3-12,24H,1-2H3;1-7H;1-5H;3H2,1-2H3;1H3. The van der Waals surface area contributed by atoms with E-state index in [-0.39, 0.29) is 29.9 Å². The molecule has 0 atom stereocenters. The summed E-state index contributed by atoms with van der Waals surface area (Å²) in [6, 6.07) is 26.5. The van der Waals surface area contributed by atoms with E-state index in [0.717, 1.165) is 68.0 Å². The molecule has 5 heterocycles. The summed E-state index contributed by atoms with van der Waals surface area (Å²) >= 11 is 0. The number of nitrogens with one attached hydrogen (secondary N) is 1. The number of hydrogen-bond donors (Lipinski definition) is 2. The second kappa shape index (κ2) is 20.1. The number of fused-ring (bicyclic) bond motifs is 2. The third kappa shape index (κ3) is 11.1. The molecule has 0 fully saturated rings. The van der Waals surface area contributed by atoms with E-state index in [1.807, 2.05) is 67.6 Å². The molecule has 268 valence electrons. The fourth-order valence-corrected chi connectivity index (χ4v) is 5.37. The van der Waals surface area contributed by atoms with Crippen molar-refractivity contribution >= 4 is 51.7 Å². The number of pyridine rings is 4. The van der Waals surface area contributed by atoms with E-state index < -0.39 is 0 Å². The first kappa shape index (κ1) is 40.6. The van der Waals surface area contributed by atoms with Gasteiger partial charge in [0.25, 0.3) is 0 Å². The first-order valence-electron chi connectivity index (χ1n) is 16.3. The topological polar surface area (TPSA) is 188 Å². The van der Waals surface area contributed by atoms with Crippen LogP contribution >= 0.6 is 0 Å². The highest BCUT2D eigenvalue weighted by molar-refractivity contribution is 6.05. The molecule has 0 amide bonds. The van der Waals surface area contributed by atoms with E-state index in [0.29, 0.717) is 11.1 Å². The molecule has 53 heavy (non-hydrogen) atoms. The summed E-state index contributed by atoms with van der Waals surface area (Å²) in [6.07, 6.45) is 11.8. The Morgan fingerprint density at radius 1 is 0.623 bits per heavy atom. The van der Waals surface area contributed by atoms with Crippen LogP contribution in [0.1, 0.15) is 63.8 Å². The molecule has 0 saturated heterocycles. The smallest absolute Gasteiger partial charge is 0.162 e. The molecule has 0 aliphatic carbocycles. The van der Waals surface area contributed by atoms with Crippen LogP contribution in [0.3, 0.4) is 0 Å². The van der Waals surface area contributed by atoms with Gasteiger partial charge in [-0.25, -0.2) is 0 Å². The van der Waals surface area contributed by atoms with Crippen LogP contribution < -0.4 is 6.15 Å². The lowest BCUT2D eigenvalue weighted by Gasteiger charge is -2.05. The molecule has 0 unspecified atom stereocenters. The Kier molecular flexibility index (Phi) is 15.4. The number of ketones is 3. The summed E-state index contributed by atoms with van der Waals surface area (Å²) in [5.41, 5.74) is 8.63. The number of hydrogen-bond acceptors (Lipinski definition) is 10. The molecule has 0 aliphatic rings. The molecule has 0 saturated carbocycles. The molecule has 7 aromatic rings. The molecule has 0 spiro atoms. The van der Waals surface area contributed by atoms with Gasteiger partial charge in [0.1, 0.15) is 17.9 Å². The minimum Gasteiger partial charge on any atom is -0.354 e. The van der Waals surface area contributed by atoms with Crippen molar-refractivity contribution in [2.24, 2.45) is 0 Å². The number of para-hydroxylation sites is 2. The Morgan fingerprint density at radius 3 is 1.66 bits per heavy atom. The number of rotatable bonds is 7. The number of Topliss-reactive ketones (excluding diaryl/α,β-unsaturated/α-hetero) is 3. The summed E-state index contributed by atoms with van der Waals surface area (Å²) < 4.78 is 0. The lowest BCUT2D eigenvalue weighted by Crippen LogP contribution is -1.97. The fraction of sp³-hybridized carbons (Fsp3) is 0.119. The summed E-state index contributed by atoms with van der Waals surface area (Å²) in [7, 11) is 0. The van der Waals surface area contributed by atoms with Crippen molar-refractivity contribution in [2.75, 3.05) is 0 Å². The summed E-state index contributed by atoms with van der Waals surface area (Å²) in [6.45, 7) is 6.40. The van der Waals surface area contributed by atoms with Crippen molar-refractivity contribution in [1.82, 2.24) is 31.1 Å². The SMILES string of the molecule is CC(=O)CC(C)=O.CC(=O)c1c(-c2ccncc2)[nH]c(-c2ccnc3ccccc23)c1C.N.O=Cc1ccnc2ccccc12.O=Cc1ccncc1. The zero-order chi connectivity index (χ0) is 37.5. The van der Waals surface area contributed by atoms with Gasteiger partial charge in [-0.1, -0.05) is 36.4 Å². The molecule has 11 heteroatoms. The van der Waals surface area contributed by atoms with Crippen LogP contribution in [0.25, 0.3) is 44.3 Å². The number of carbonyl (C=O) groups is 5. The second-order valence-corrected chi connectivity index (χ2v) is 11.6. The van der Waals surface area contributed by atoms with E-state index in [4.69, 9.17) is 0 Å². The predicted octanol–water partition coefficient (Wildman–Crippen LogP) is 8.46. The van der Waals surface area contributed by atoms with Crippen molar-refractivity contribution in [3.63, 3.8) is 0 Å². The van der Waals surface area contributed by atoms with Crippen molar-refractivity contribution in [2.45, 2.75) is 34.1 Å². The molecule has 0 bridgehead atoms. The van der Waals surface area contributed by atoms with Crippen LogP contribution in [0.2, 0.25) is 0 Å². The first-order valence-corrected chi connectivity index (χ1v) is 16.3. The van der Waals surface area contributed by atoms with E-state index in [2.05, 4.69) is 31.0 Å². The number of carbonyl (C=O) groups excluding carboxylic acids is 5. The van der Waals surface area contributed by atoms with Gasteiger partial charge in [0.05, 0.1) is 28.8 Å². The quantitative estimate of drug-likeness (QED) is 0.0923. The zero-order valence-corrected chi connectivity index (χ0v) is 29.9. The molecule has 5 aromatic heterocycles. The fourth-order valence-electron chi connectivity index (χ4n) is 5.37. The molecule has 2 aromatic carbocycles. The predicted molar refractivity (Wildman–Crippen MR) is 207 cm³/mol. The second-order valence-electron chi connectivity index (χ2n) is 11.6. The monoisotopic (exact) mass is 708 g/mol. The average Bonchev–Trinajstić information content (AvgIpc) is 3.52. The van der Waals surface area contributed by atoms with Crippen LogP contribution in [0, 0.1) is 6.92 Å². The molecule has 0 radical (unpaired) electrons. The lowest BCUT2D eigenvalue weighted by molar-refractivity contribution is -0.124. The van der Waals surface area contributed by atoms with Gasteiger partial charge in [-0.15, -0.1) is 0 Å². The van der Waals surface area contributed by atoms with E-state index in [1.165, 1.54) is 13.8 Å². The zero-order valence-electron chi connectivity index (χ0n) is 29.9. The van der Waals surface area contributed by atoms with Crippen molar-refractivity contribution in [3.8, 4) is 22.5 Å². The van der Waals surface area contributed by atoms with Crippen LogP contribution in [-0.2, 0) is 9.59 Å². The van der Waals surface area contributed by atoms with Gasteiger partial charge in [0, 0.05) is 75.8 Å². The third-order valence-electron chi connectivity index (χ3n) is 7.64. The minimum atomic E-state index is -0.0625. The highest BCUT2D eigenvalue weighted by Gasteiger charge is 2.21. The molecular weight excluding hydrogens is 668 g/mol. The van der Waals surface area contributed by atoms with Crippen LogP contribution in [0.15, 0.2) is 122 Å². The summed E-state index contributed by atoms with van der Waals surface area (Å²) in [5, 5.41) is 1.97. The lowest BCUT2D eigenvalue weighted by atomic mass is 9.99. The number of benzene rings is 2. The Balaban J connectivity index is 0.000000223. The molecule has 4 N–H and O–H groups in total. The van der Waals surface area contributed by atoms with Crippen molar-refractivity contribution < 1.29 is 24.0 Å². The Bertz CT molecular complexity index is 2300. The Labute approximate surface area is 307 Å². The maximum atomic E-state index is 12.3. The molecule has 0 aliphatic heterocycles. The van der Waals surface area contributed by atoms with Crippen molar-refractivity contribution in [3.05, 3.63) is 144 Å². The number of H-pyrrole nitrogens is 1. The van der Waals surface area contributed by atoms with E-state index in [9.17, 15) is 24.0 Å².